The van der Waals surface area contributed by atoms with Gasteiger partial charge >= 0.3 is 6.09 Å². The van der Waals surface area contributed by atoms with E-state index >= 15 is 0 Å². The highest BCUT2D eigenvalue weighted by atomic mass is 19.1. The highest BCUT2D eigenvalue weighted by Crippen LogP contribution is 2.16. The largest absolute Gasteiger partial charge is 0.480 e. The Morgan fingerprint density at radius 3 is 2.13 bits per heavy atom. The van der Waals surface area contributed by atoms with Crippen LogP contribution in [0.2, 0.25) is 0 Å². The average molecular weight is 433 g/mol. The summed E-state index contributed by atoms with van der Waals surface area (Å²) in [5.74, 6) is -1.35. The Labute approximate surface area is 180 Å². The van der Waals surface area contributed by atoms with Gasteiger partial charge in [-0.25, -0.2) is 9.18 Å². The quantitative estimate of drug-likeness (QED) is 0.375. The van der Waals surface area contributed by atoms with Crippen molar-refractivity contribution in [1.82, 2.24) is 9.80 Å². The molecule has 0 bridgehead atoms. The van der Waals surface area contributed by atoms with Crippen LogP contribution >= 0.6 is 0 Å². The molecular weight excluding hydrogens is 405 g/mol. The normalized spacial score (nSPS) is 14.7. The van der Waals surface area contributed by atoms with Gasteiger partial charge in [0.1, 0.15) is 17.1 Å². The van der Waals surface area contributed by atoms with Crippen LogP contribution < -0.4 is 5.32 Å². The summed E-state index contributed by atoms with van der Waals surface area (Å²) in [4.78, 5) is 28.1. The predicted molar refractivity (Wildman–Crippen MR) is 115 cm³/mol. The molecule has 1 aromatic rings. The summed E-state index contributed by atoms with van der Waals surface area (Å²) in [5.41, 5.74) is -0.282. The lowest BCUT2D eigenvalue weighted by Gasteiger charge is -2.37. The van der Waals surface area contributed by atoms with Crippen LogP contribution in [-0.4, -0.2) is 72.3 Å². The number of hydrogen-bond acceptors (Lipinski definition) is 7. The van der Waals surface area contributed by atoms with Gasteiger partial charge in [-0.1, -0.05) is 0 Å². The van der Waals surface area contributed by atoms with Crippen LogP contribution in [0.1, 0.15) is 20.8 Å². The minimum Gasteiger partial charge on any atom is -0.480 e. The van der Waals surface area contributed by atoms with Crippen molar-refractivity contribution in [1.29, 1.82) is 10.8 Å². The van der Waals surface area contributed by atoms with Gasteiger partial charge in [-0.2, -0.15) is 0 Å². The van der Waals surface area contributed by atoms with Crippen molar-refractivity contribution in [3.05, 3.63) is 41.9 Å². The number of rotatable bonds is 5. The number of benzene rings is 1. The molecule has 0 spiro atoms. The van der Waals surface area contributed by atoms with Gasteiger partial charge in [-0.05, 0) is 45.0 Å². The molecule has 0 atom stereocenters. The fourth-order valence-electron chi connectivity index (χ4n) is 2.83. The SMILES string of the molecule is COC(=N)C(=N)/C(=C\C(=O)Nc1ccc(F)cc1)N1CCN(C(=O)OC(C)(C)C)CC1. The molecule has 1 fully saturated rings. The molecule has 10 heteroatoms. The summed E-state index contributed by atoms with van der Waals surface area (Å²) >= 11 is 0. The van der Waals surface area contributed by atoms with E-state index in [1.165, 1.54) is 37.5 Å². The van der Waals surface area contributed by atoms with Crippen molar-refractivity contribution in [3.8, 4) is 0 Å². The Bertz CT molecular complexity index is 869. The highest BCUT2D eigenvalue weighted by molar-refractivity contribution is 6.43. The number of nitrogens with one attached hydrogen (secondary N) is 3. The molecule has 1 saturated heterocycles. The van der Waals surface area contributed by atoms with Crippen molar-refractivity contribution in [2.45, 2.75) is 26.4 Å². The molecule has 0 aliphatic carbocycles. The van der Waals surface area contributed by atoms with Gasteiger partial charge in [0.2, 0.25) is 5.90 Å². The molecule has 1 heterocycles. The van der Waals surface area contributed by atoms with E-state index in [1.807, 2.05) is 0 Å². The first-order valence-electron chi connectivity index (χ1n) is 9.73. The van der Waals surface area contributed by atoms with Gasteiger partial charge in [0.25, 0.3) is 5.91 Å². The van der Waals surface area contributed by atoms with Gasteiger partial charge in [-0.15, -0.1) is 0 Å². The lowest BCUT2D eigenvalue weighted by atomic mass is 10.1. The van der Waals surface area contributed by atoms with E-state index < -0.39 is 29.3 Å². The van der Waals surface area contributed by atoms with Gasteiger partial charge in [0.15, 0.2) is 0 Å². The molecule has 3 N–H and O–H groups in total. The molecule has 0 radical (unpaired) electrons. The summed E-state index contributed by atoms with van der Waals surface area (Å²) in [6.45, 7) is 6.72. The fourth-order valence-corrected chi connectivity index (χ4v) is 2.83. The van der Waals surface area contributed by atoms with Crippen LogP contribution in [-0.2, 0) is 14.3 Å². The predicted octanol–water partition coefficient (Wildman–Crippen LogP) is 2.84. The van der Waals surface area contributed by atoms with E-state index in [0.717, 1.165) is 0 Å². The van der Waals surface area contributed by atoms with Crippen molar-refractivity contribution < 1.29 is 23.5 Å². The second-order valence-corrected chi connectivity index (χ2v) is 7.89. The van der Waals surface area contributed by atoms with E-state index in [0.29, 0.717) is 31.9 Å². The Morgan fingerprint density at radius 1 is 1.06 bits per heavy atom. The Balaban J connectivity index is 2.13. The van der Waals surface area contributed by atoms with Crippen molar-refractivity contribution in [3.63, 3.8) is 0 Å². The second kappa shape index (κ2) is 10.1. The van der Waals surface area contributed by atoms with Crippen LogP contribution in [0.15, 0.2) is 36.0 Å². The van der Waals surface area contributed by atoms with Crippen LogP contribution in [0.4, 0.5) is 14.9 Å². The lowest BCUT2D eigenvalue weighted by molar-refractivity contribution is -0.112. The Kier molecular flexibility index (Phi) is 7.73. The number of nitrogens with zero attached hydrogens (tertiary/aromatic N) is 2. The van der Waals surface area contributed by atoms with E-state index in [2.05, 4.69) is 5.32 Å². The number of carbonyl (C=O) groups excluding carboxylic acids is 2. The first-order valence-corrected chi connectivity index (χ1v) is 9.73. The first-order chi connectivity index (χ1) is 14.5. The minimum absolute atomic E-state index is 0.190. The molecule has 1 aliphatic rings. The molecule has 1 aliphatic heterocycles. The number of anilines is 1. The van der Waals surface area contributed by atoms with Crippen LogP contribution in [0.25, 0.3) is 0 Å². The Morgan fingerprint density at radius 2 is 1.61 bits per heavy atom. The molecule has 1 aromatic carbocycles. The zero-order valence-electron chi connectivity index (χ0n) is 18.1. The summed E-state index contributed by atoms with van der Waals surface area (Å²) in [6, 6.07) is 5.28. The maximum atomic E-state index is 13.1. The summed E-state index contributed by atoms with van der Waals surface area (Å²) in [5, 5.41) is 18.7. The number of ether oxygens (including phenoxy) is 2. The highest BCUT2D eigenvalue weighted by Gasteiger charge is 2.28. The van der Waals surface area contributed by atoms with Crippen LogP contribution in [0, 0.1) is 16.6 Å². The van der Waals surface area contributed by atoms with Crippen molar-refractivity contribution in [2.75, 3.05) is 38.6 Å². The van der Waals surface area contributed by atoms with Crippen LogP contribution in [0.3, 0.4) is 0 Å². The van der Waals surface area contributed by atoms with Gasteiger partial charge in [0.05, 0.1) is 12.8 Å². The summed E-state index contributed by atoms with van der Waals surface area (Å²) in [7, 11) is 1.27. The Hall–Kier alpha value is -3.43. The molecule has 0 aromatic heterocycles. The summed E-state index contributed by atoms with van der Waals surface area (Å²) < 4.78 is 23.3. The number of methoxy groups -OCH3 is 1. The number of carbonyl (C=O) groups is 2. The molecule has 9 nitrogen and oxygen atoms in total. The van der Waals surface area contributed by atoms with Gasteiger partial charge in [-0.3, -0.25) is 15.6 Å². The molecule has 168 valence electrons. The van der Waals surface area contributed by atoms with Crippen molar-refractivity contribution in [2.24, 2.45) is 0 Å². The third-order valence-electron chi connectivity index (χ3n) is 4.34. The maximum Gasteiger partial charge on any atom is 0.410 e. The molecular formula is C21H28FN5O4. The van der Waals surface area contributed by atoms with Crippen LogP contribution in [0.5, 0.6) is 0 Å². The second-order valence-electron chi connectivity index (χ2n) is 7.89. The van der Waals surface area contributed by atoms with Gasteiger partial charge in [0, 0.05) is 37.9 Å². The third kappa shape index (κ3) is 7.09. The monoisotopic (exact) mass is 433 g/mol. The molecule has 31 heavy (non-hydrogen) atoms. The third-order valence-corrected chi connectivity index (χ3v) is 4.34. The number of halogens is 1. The molecule has 0 unspecified atom stereocenters. The van der Waals surface area contributed by atoms with Crippen molar-refractivity contribution >= 4 is 29.3 Å². The zero-order valence-corrected chi connectivity index (χ0v) is 18.1. The fraction of sp³-hybridized carbons (Fsp3) is 0.429. The van der Waals surface area contributed by atoms with E-state index in [9.17, 15) is 14.0 Å². The molecule has 2 amide bonds. The number of amides is 2. The van der Waals surface area contributed by atoms with E-state index in [4.69, 9.17) is 20.3 Å². The maximum absolute atomic E-state index is 13.1. The molecule has 0 saturated carbocycles. The van der Waals surface area contributed by atoms with E-state index in [1.54, 1.807) is 30.6 Å². The smallest absolute Gasteiger partial charge is 0.410 e. The lowest BCUT2D eigenvalue weighted by Crippen LogP contribution is -2.50. The minimum atomic E-state index is -0.604. The molecule has 2 rings (SSSR count). The number of hydrogen-bond donors (Lipinski definition) is 3. The number of piperazine rings is 1. The van der Waals surface area contributed by atoms with E-state index in [-0.39, 0.29) is 11.4 Å². The van der Waals surface area contributed by atoms with Gasteiger partial charge < -0.3 is 24.6 Å². The first kappa shape index (κ1) is 23.8. The standard InChI is InChI=1S/C21H28FN5O4/c1-21(2,3)31-20(29)27-11-9-26(10-12-27)16(18(23)19(24)30-4)13-17(28)25-15-7-5-14(22)6-8-15/h5-8,13,23-24H,9-12H2,1-4H3,(H,25,28)/b16-13+,23-18?,24-19?. The summed E-state index contributed by atoms with van der Waals surface area (Å²) in [6.07, 6.45) is 0.772. The topological polar surface area (TPSA) is 119 Å². The zero-order chi connectivity index (χ0) is 23.2. The average Bonchev–Trinajstić information content (AvgIpc) is 2.71.